The fourth-order valence-electron chi connectivity index (χ4n) is 2.61. The summed E-state index contributed by atoms with van der Waals surface area (Å²) in [5.74, 6) is 0.136. The van der Waals surface area contributed by atoms with E-state index in [0.717, 1.165) is 6.54 Å². The Morgan fingerprint density at radius 2 is 2.30 bits per heavy atom. The van der Waals surface area contributed by atoms with Gasteiger partial charge in [-0.2, -0.15) is 0 Å². The number of morpholine rings is 1. The minimum atomic E-state index is -1.12. The van der Waals surface area contributed by atoms with Gasteiger partial charge in [0.05, 0.1) is 13.2 Å². The Bertz CT molecular complexity index is 602. The van der Waals surface area contributed by atoms with E-state index in [-0.39, 0.29) is 11.9 Å². The summed E-state index contributed by atoms with van der Waals surface area (Å²) < 4.78 is 24.2. The number of hydrogen-bond donors (Lipinski definition) is 2. The fourth-order valence-corrected chi connectivity index (χ4v) is 2.61. The van der Waals surface area contributed by atoms with E-state index in [0.29, 0.717) is 36.4 Å². The Labute approximate surface area is 116 Å². The molecule has 1 saturated heterocycles. The number of benzene rings is 1. The lowest BCUT2D eigenvalue weighted by atomic mass is 9.94. The number of hydrogen-bond acceptors (Lipinski definition) is 4. The summed E-state index contributed by atoms with van der Waals surface area (Å²) in [6.45, 7) is 3.76. The molecule has 1 aromatic carbocycles. The molecular weight excluding hydrogens is 261 g/mol. The zero-order valence-corrected chi connectivity index (χ0v) is 11.4. The second-order valence-corrected chi connectivity index (χ2v) is 5.50. The van der Waals surface area contributed by atoms with Crippen molar-refractivity contribution in [1.29, 1.82) is 0 Å². The third-order valence-corrected chi connectivity index (χ3v) is 3.65. The molecule has 1 fully saturated rings. The lowest BCUT2D eigenvalue weighted by Crippen LogP contribution is -2.45. The molecule has 2 atom stereocenters. The summed E-state index contributed by atoms with van der Waals surface area (Å²) in [5, 5.41) is 14.6. The molecule has 108 valence electrons. The molecule has 2 heterocycles. The van der Waals surface area contributed by atoms with Crippen molar-refractivity contribution >= 4 is 11.0 Å². The van der Waals surface area contributed by atoms with Crippen LogP contribution in [-0.4, -0.2) is 30.9 Å². The minimum absolute atomic E-state index is 0.0868. The van der Waals surface area contributed by atoms with Crippen molar-refractivity contribution in [2.24, 2.45) is 0 Å². The zero-order valence-electron chi connectivity index (χ0n) is 11.4. The van der Waals surface area contributed by atoms with Crippen molar-refractivity contribution in [1.82, 2.24) is 5.32 Å². The molecular formula is C15H18FNO3. The molecule has 3 rings (SSSR count). The summed E-state index contributed by atoms with van der Waals surface area (Å²) in [6, 6.07) is 6.11. The summed E-state index contributed by atoms with van der Waals surface area (Å²) >= 11 is 0. The maximum absolute atomic E-state index is 13.2. The highest BCUT2D eigenvalue weighted by atomic mass is 19.1. The van der Waals surface area contributed by atoms with Gasteiger partial charge in [-0.15, -0.1) is 0 Å². The van der Waals surface area contributed by atoms with Crippen molar-refractivity contribution < 1.29 is 18.7 Å². The molecule has 0 aliphatic carbocycles. The smallest absolute Gasteiger partial charge is 0.136 e. The largest absolute Gasteiger partial charge is 0.458 e. The van der Waals surface area contributed by atoms with Gasteiger partial charge in [0.25, 0.3) is 0 Å². The standard InChI is InChI=1S/C15H18FNO3/c1-15(18,8-12-9-19-5-4-17-12)14-7-10-6-11(16)2-3-13(10)20-14/h2-3,6-7,12,17-18H,4-5,8-9H2,1H3. The highest BCUT2D eigenvalue weighted by Gasteiger charge is 2.31. The van der Waals surface area contributed by atoms with E-state index in [9.17, 15) is 9.50 Å². The van der Waals surface area contributed by atoms with Crippen molar-refractivity contribution in [3.63, 3.8) is 0 Å². The topological polar surface area (TPSA) is 54.6 Å². The van der Waals surface area contributed by atoms with E-state index in [1.165, 1.54) is 12.1 Å². The van der Waals surface area contributed by atoms with Crippen LogP contribution in [-0.2, 0) is 10.3 Å². The molecule has 0 radical (unpaired) electrons. The predicted molar refractivity (Wildman–Crippen MR) is 73.0 cm³/mol. The van der Waals surface area contributed by atoms with Gasteiger partial charge < -0.3 is 19.6 Å². The van der Waals surface area contributed by atoms with Crippen molar-refractivity contribution in [3.8, 4) is 0 Å². The summed E-state index contributed by atoms with van der Waals surface area (Å²) in [6.07, 6.45) is 0.481. The van der Waals surface area contributed by atoms with Crippen LogP contribution in [0.3, 0.4) is 0 Å². The number of fused-ring (bicyclic) bond motifs is 1. The Balaban J connectivity index is 1.83. The fraction of sp³-hybridized carbons (Fsp3) is 0.467. The second kappa shape index (κ2) is 5.16. The third-order valence-electron chi connectivity index (χ3n) is 3.65. The van der Waals surface area contributed by atoms with Gasteiger partial charge in [0.15, 0.2) is 0 Å². The zero-order chi connectivity index (χ0) is 14.2. The Hall–Kier alpha value is -1.43. The van der Waals surface area contributed by atoms with Crippen LogP contribution >= 0.6 is 0 Å². The first-order chi connectivity index (χ1) is 9.54. The quantitative estimate of drug-likeness (QED) is 0.904. The van der Waals surface area contributed by atoms with Crippen molar-refractivity contribution in [3.05, 3.63) is 35.8 Å². The van der Waals surface area contributed by atoms with Gasteiger partial charge in [-0.1, -0.05) is 0 Å². The van der Waals surface area contributed by atoms with Gasteiger partial charge in [0.1, 0.15) is 22.8 Å². The van der Waals surface area contributed by atoms with E-state index in [1.54, 1.807) is 19.1 Å². The van der Waals surface area contributed by atoms with E-state index < -0.39 is 5.60 Å². The molecule has 0 amide bonds. The molecule has 2 N–H and O–H groups in total. The van der Waals surface area contributed by atoms with Gasteiger partial charge in [-0.3, -0.25) is 0 Å². The molecule has 0 saturated carbocycles. The molecule has 1 aliphatic rings. The van der Waals surface area contributed by atoms with E-state index in [1.807, 2.05) is 0 Å². The lowest BCUT2D eigenvalue weighted by Gasteiger charge is -2.30. The van der Waals surface area contributed by atoms with Crippen molar-refractivity contribution in [2.75, 3.05) is 19.8 Å². The molecule has 2 aromatic rings. The Kier molecular flexibility index (Phi) is 3.50. The number of aliphatic hydroxyl groups is 1. The van der Waals surface area contributed by atoms with Gasteiger partial charge >= 0.3 is 0 Å². The monoisotopic (exact) mass is 279 g/mol. The average molecular weight is 279 g/mol. The highest BCUT2D eigenvalue weighted by Crippen LogP contribution is 2.31. The molecule has 4 nitrogen and oxygen atoms in total. The summed E-state index contributed by atoms with van der Waals surface area (Å²) in [7, 11) is 0. The molecule has 0 spiro atoms. The first-order valence-corrected chi connectivity index (χ1v) is 6.78. The van der Waals surface area contributed by atoms with Gasteiger partial charge in [-0.05, 0) is 31.2 Å². The Morgan fingerprint density at radius 1 is 1.45 bits per heavy atom. The van der Waals surface area contributed by atoms with Crippen LogP contribution in [0.15, 0.2) is 28.7 Å². The normalized spacial score (nSPS) is 22.9. The lowest BCUT2D eigenvalue weighted by molar-refractivity contribution is -0.00957. The van der Waals surface area contributed by atoms with Crippen LogP contribution in [0, 0.1) is 5.82 Å². The van der Waals surface area contributed by atoms with Crippen LogP contribution < -0.4 is 5.32 Å². The summed E-state index contributed by atoms with van der Waals surface area (Å²) in [4.78, 5) is 0. The average Bonchev–Trinajstić information content (AvgIpc) is 2.83. The van der Waals surface area contributed by atoms with Crippen LogP contribution in [0.25, 0.3) is 11.0 Å². The molecule has 1 aromatic heterocycles. The third kappa shape index (κ3) is 2.70. The van der Waals surface area contributed by atoms with Gasteiger partial charge in [0, 0.05) is 24.4 Å². The number of furan rings is 1. The van der Waals surface area contributed by atoms with Gasteiger partial charge in [0.2, 0.25) is 0 Å². The number of nitrogens with one attached hydrogen (secondary N) is 1. The molecule has 0 bridgehead atoms. The van der Waals surface area contributed by atoms with Crippen LogP contribution in [0.2, 0.25) is 0 Å². The summed E-state index contributed by atoms with van der Waals surface area (Å²) in [5.41, 5.74) is -0.539. The SMILES string of the molecule is CC(O)(CC1COCCN1)c1cc2cc(F)ccc2o1. The Morgan fingerprint density at radius 3 is 3.05 bits per heavy atom. The maximum Gasteiger partial charge on any atom is 0.136 e. The van der Waals surface area contributed by atoms with Crippen LogP contribution in [0.4, 0.5) is 4.39 Å². The van der Waals surface area contributed by atoms with E-state index >= 15 is 0 Å². The number of ether oxygens (including phenoxy) is 1. The molecule has 20 heavy (non-hydrogen) atoms. The first-order valence-electron chi connectivity index (χ1n) is 6.78. The van der Waals surface area contributed by atoms with Gasteiger partial charge in [-0.25, -0.2) is 4.39 Å². The van der Waals surface area contributed by atoms with E-state index in [2.05, 4.69) is 5.32 Å². The highest BCUT2D eigenvalue weighted by molar-refractivity contribution is 5.78. The molecule has 2 unspecified atom stereocenters. The second-order valence-electron chi connectivity index (χ2n) is 5.50. The minimum Gasteiger partial charge on any atom is -0.458 e. The first kappa shape index (κ1) is 13.5. The van der Waals surface area contributed by atoms with E-state index in [4.69, 9.17) is 9.15 Å². The molecule has 1 aliphatic heterocycles. The molecule has 5 heteroatoms. The number of rotatable bonds is 3. The number of halogens is 1. The van der Waals surface area contributed by atoms with Crippen molar-refractivity contribution in [2.45, 2.75) is 25.0 Å². The predicted octanol–water partition coefficient (Wildman–Crippen LogP) is 2.16. The maximum atomic E-state index is 13.2. The van der Waals surface area contributed by atoms with Crippen LogP contribution in [0.5, 0.6) is 0 Å². The van der Waals surface area contributed by atoms with Crippen LogP contribution in [0.1, 0.15) is 19.1 Å².